The highest BCUT2D eigenvalue weighted by atomic mass is 35.5. The fraction of sp³-hybridized carbons (Fsp3) is 0.0625. The Bertz CT molecular complexity index is 1110. The molecule has 0 aliphatic heterocycles. The number of fused-ring (bicyclic) bond motifs is 1. The monoisotopic (exact) mass is 379 g/mol. The van der Waals surface area contributed by atoms with Gasteiger partial charge in [-0.05, 0) is 37.3 Å². The number of amides is 1. The Morgan fingerprint density at radius 2 is 1.92 bits per heavy atom. The highest BCUT2D eigenvalue weighted by Crippen LogP contribution is 2.30. The van der Waals surface area contributed by atoms with Crippen molar-refractivity contribution in [3.05, 3.63) is 58.7 Å². The molecule has 0 fully saturated rings. The molecule has 3 aromatic rings. The number of carbonyl (C=O) groups is 1. The molecule has 4 N–H and O–H groups in total. The van der Waals surface area contributed by atoms with Crippen molar-refractivity contribution in [2.24, 2.45) is 5.14 Å². The predicted octanol–water partition coefficient (Wildman–Crippen LogP) is 2.34. The Kier molecular flexibility index (Phi) is 4.19. The lowest BCUT2D eigenvalue weighted by molar-refractivity contribution is 0.101. The van der Waals surface area contributed by atoms with E-state index in [0.717, 1.165) is 6.07 Å². The number of hydrogen-bond donors (Lipinski definition) is 3. The molecule has 9 heteroatoms. The highest BCUT2D eigenvalue weighted by molar-refractivity contribution is 7.89. The number of rotatable bonds is 3. The molecule has 1 heterocycles. The zero-order chi connectivity index (χ0) is 18.4. The van der Waals surface area contributed by atoms with Crippen molar-refractivity contribution in [2.75, 3.05) is 5.43 Å². The van der Waals surface area contributed by atoms with Crippen LogP contribution in [0.5, 0.6) is 5.75 Å². The minimum atomic E-state index is -4.06. The number of hydrogen-bond acceptors (Lipinski definition) is 4. The first-order valence-electron chi connectivity index (χ1n) is 7.13. The van der Waals surface area contributed by atoms with E-state index < -0.39 is 15.9 Å². The van der Waals surface area contributed by atoms with Crippen molar-refractivity contribution in [1.82, 2.24) is 4.68 Å². The molecular weight excluding hydrogens is 366 g/mol. The zero-order valence-corrected chi connectivity index (χ0v) is 14.6. The van der Waals surface area contributed by atoms with Crippen LogP contribution in [0.25, 0.3) is 10.9 Å². The van der Waals surface area contributed by atoms with E-state index in [0.29, 0.717) is 16.6 Å². The van der Waals surface area contributed by atoms with Crippen LogP contribution in [-0.4, -0.2) is 24.1 Å². The number of aromatic nitrogens is 1. The second kappa shape index (κ2) is 6.07. The van der Waals surface area contributed by atoms with E-state index in [1.54, 1.807) is 31.2 Å². The maximum absolute atomic E-state index is 12.5. The van der Waals surface area contributed by atoms with Gasteiger partial charge in [-0.3, -0.25) is 14.9 Å². The molecule has 0 aliphatic rings. The first kappa shape index (κ1) is 17.3. The van der Waals surface area contributed by atoms with Gasteiger partial charge >= 0.3 is 0 Å². The molecule has 0 bridgehead atoms. The Morgan fingerprint density at radius 1 is 1.24 bits per heavy atom. The summed E-state index contributed by atoms with van der Waals surface area (Å²) in [6.45, 7) is 1.65. The van der Waals surface area contributed by atoms with Crippen molar-refractivity contribution >= 4 is 38.4 Å². The Labute approximate surface area is 148 Å². The average molecular weight is 380 g/mol. The second-order valence-electron chi connectivity index (χ2n) is 5.42. The molecular formula is C16H14ClN3O4S. The lowest BCUT2D eigenvalue weighted by Gasteiger charge is -2.11. The Hall–Kier alpha value is -2.55. The minimum Gasteiger partial charge on any atom is -0.505 e. The molecule has 1 amide bonds. The summed E-state index contributed by atoms with van der Waals surface area (Å²) in [6, 6.07) is 10.8. The summed E-state index contributed by atoms with van der Waals surface area (Å²) >= 11 is 5.82. The summed E-state index contributed by atoms with van der Waals surface area (Å²) in [5.41, 5.74) is 3.73. The third-order valence-corrected chi connectivity index (χ3v) is 5.18. The summed E-state index contributed by atoms with van der Waals surface area (Å²) in [5, 5.41) is 15.8. The van der Waals surface area contributed by atoms with Gasteiger partial charge in [0.15, 0.2) is 0 Å². The summed E-state index contributed by atoms with van der Waals surface area (Å²) in [5.74, 6) is -0.525. The van der Waals surface area contributed by atoms with Gasteiger partial charge in [0.2, 0.25) is 10.0 Å². The molecule has 0 saturated heterocycles. The number of para-hydroxylation sites is 1. The van der Waals surface area contributed by atoms with Gasteiger partial charge in [-0.1, -0.05) is 23.7 Å². The number of nitrogens with zero attached hydrogens (tertiary/aromatic N) is 1. The van der Waals surface area contributed by atoms with Crippen LogP contribution >= 0.6 is 11.6 Å². The van der Waals surface area contributed by atoms with Gasteiger partial charge in [0, 0.05) is 10.9 Å². The van der Waals surface area contributed by atoms with E-state index in [-0.39, 0.29) is 21.2 Å². The van der Waals surface area contributed by atoms with Gasteiger partial charge in [-0.15, -0.1) is 0 Å². The topological polar surface area (TPSA) is 114 Å². The van der Waals surface area contributed by atoms with Gasteiger partial charge < -0.3 is 5.11 Å². The van der Waals surface area contributed by atoms with Crippen molar-refractivity contribution < 1.29 is 18.3 Å². The molecule has 3 rings (SSSR count). The molecule has 1 aromatic heterocycles. The van der Waals surface area contributed by atoms with Crippen molar-refractivity contribution in [2.45, 2.75) is 11.8 Å². The fourth-order valence-corrected chi connectivity index (χ4v) is 3.59. The average Bonchev–Trinajstić information content (AvgIpc) is 2.79. The standard InChI is InChI=1S/C16H14ClN3O4S/c1-9-15(21)11-4-2-3-5-13(11)20(9)19-16(22)10-6-7-12(17)14(8-10)25(18,23)24/h2-8,21H,1H3,(H,19,22)(H2,18,23,24). The Morgan fingerprint density at radius 3 is 2.60 bits per heavy atom. The largest absolute Gasteiger partial charge is 0.505 e. The third-order valence-electron chi connectivity index (χ3n) is 3.79. The van der Waals surface area contributed by atoms with E-state index in [1.165, 1.54) is 16.8 Å². The summed E-state index contributed by atoms with van der Waals surface area (Å²) in [7, 11) is -4.06. The Balaban J connectivity index is 2.03. The maximum atomic E-state index is 12.5. The van der Waals surface area contributed by atoms with Crippen LogP contribution < -0.4 is 10.6 Å². The number of halogens is 1. The van der Waals surface area contributed by atoms with Gasteiger partial charge in [0.1, 0.15) is 10.6 Å². The lowest BCUT2D eigenvalue weighted by Crippen LogP contribution is -2.24. The SMILES string of the molecule is Cc1c(O)c2ccccc2n1NC(=O)c1ccc(Cl)c(S(N)(=O)=O)c1. The van der Waals surface area contributed by atoms with Crippen LogP contribution in [0.2, 0.25) is 5.02 Å². The molecule has 0 aliphatic carbocycles. The van der Waals surface area contributed by atoms with Gasteiger partial charge in [0.05, 0.1) is 16.2 Å². The van der Waals surface area contributed by atoms with Crippen LogP contribution in [0.1, 0.15) is 16.1 Å². The molecule has 0 unspecified atom stereocenters. The molecule has 7 nitrogen and oxygen atoms in total. The number of nitrogens with one attached hydrogen (secondary N) is 1. The first-order valence-corrected chi connectivity index (χ1v) is 9.05. The maximum Gasteiger partial charge on any atom is 0.270 e. The van der Waals surface area contributed by atoms with Gasteiger partial charge in [0.25, 0.3) is 5.91 Å². The van der Waals surface area contributed by atoms with Crippen molar-refractivity contribution in [3.8, 4) is 5.75 Å². The molecule has 0 atom stereocenters. The molecule has 0 spiro atoms. The van der Waals surface area contributed by atoms with Crippen LogP contribution in [0.4, 0.5) is 0 Å². The molecule has 25 heavy (non-hydrogen) atoms. The highest BCUT2D eigenvalue weighted by Gasteiger charge is 2.19. The summed E-state index contributed by atoms with van der Waals surface area (Å²) in [4.78, 5) is 12.2. The number of benzene rings is 2. The number of aromatic hydroxyl groups is 1. The van der Waals surface area contributed by atoms with E-state index >= 15 is 0 Å². The second-order valence-corrected chi connectivity index (χ2v) is 7.35. The van der Waals surface area contributed by atoms with E-state index in [4.69, 9.17) is 16.7 Å². The van der Waals surface area contributed by atoms with Gasteiger partial charge in [-0.2, -0.15) is 0 Å². The quantitative estimate of drug-likeness (QED) is 0.647. The van der Waals surface area contributed by atoms with Crippen LogP contribution in [0, 0.1) is 6.92 Å². The first-order chi connectivity index (χ1) is 11.7. The van der Waals surface area contributed by atoms with Crippen molar-refractivity contribution in [3.63, 3.8) is 0 Å². The van der Waals surface area contributed by atoms with Crippen LogP contribution in [-0.2, 0) is 10.0 Å². The normalized spacial score (nSPS) is 11.6. The minimum absolute atomic E-state index is 0.0530. The summed E-state index contributed by atoms with van der Waals surface area (Å²) in [6.07, 6.45) is 0. The zero-order valence-electron chi connectivity index (χ0n) is 13.0. The van der Waals surface area contributed by atoms with E-state index in [9.17, 15) is 18.3 Å². The number of nitrogens with two attached hydrogens (primary N) is 1. The van der Waals surface area contributed by atoms with Crippen LogP contribution in [0.3, 0.4) is 0 Å². The fourth-order valence-electron chi connectivity index (χ4n) is 2.52. The predicted molar refractivity (Wildman–Crippen MR) is 94.9 cm³/mol. The van der Waals surface area contributed by atoms with E-state index in [1.807, 2.05) is 0 Å². The summed E-state index contributed by atoms with van der Waals surface area (Å²) < 4.78 is 24.5. The molecule has 130 valence electrons. The third kappa shape index (κ3) is 3.07. The molecule has 0 saturated carbocycles. The number of primary sulfonamides is 1. The lowest BCUT2D eigenvalue weighted by atomic mass is 10.2. The van der Waals surface area contributed by atoms with Crippen molar-refractivity contribution in [1.29, 1.82) is 0 Å². The molecule has 2 aromatic carbocycles. The molecule has 0 radical (unpaired) electrons. The van der Waals surface area contributed by atoms with Crippen LogP contribution in [0.15, 0.2) is 47.4 Å². The smallest absolute Gasteiger partial charge is 0.270 e. The number of sulfonamides is 1. The van der Waals surface area contributed by atoms with Gasteiger partial charge in [-0.25, -0.2) is 13.6 Å². The van der Waals surface area contributed by atoms with E-state index in [2.05, 4.69) is 5.43 Å². The number of carbonyl (C=O) groups excluding carboxylic acids is 1.